The van der Waals surface area contributed by atoms with E-state index >= 15 is 0 Å². The first-order valence-corrected chi connectivity index (χ1v) is 10.4. The van der Waals surface area contributed by atoms with Crippen molar-refractivity contribution in [2.24, 2.45) is 0 Å². The Labute approximate surface area is 169 Å². The second kappa shape index (κ2) is 7.76. The van der Waals surface area contributed by atoms with Crippen LogP contribution in [0.5, 0.6) is 0 Å². The van der Waals surface area contributed by atoms with E-state index < -0.39 is 0 Å². The molecule has 2 aromatic carbocycles. The topological polar surface area (TPSA) is 55.7 Å². The summed E-state index contributed by atoms with van der Waals surface area (Å²) in [6.45, 7) is 1.97. The molecule has 0 saturated heterocycles. The number of ketones is 1. The van der Waals surface area contributed by atoms with Gasteiger partial charge in [-0.05, 0) is 31.2 Å². The number of rotatable bonds is 5. The van der Waals surface area contributed by atoms with Crippen molar-refractivity contribution in [2.75, 3.05) is 5.75 Å². The van der Waals surface area contributed by atoms with E-state index in [1.165, 1.54) is 11.8 Å². The number of fused-ring (bicyclic) bond motifs is 1. The Balaban J connectivity index is 1.63. The number of benzene rings is 2. The fourth-order valence-corrected chi connectivity index (χ4v) is 4.59. The zero-order valence-electron chi connectivity index (χ0n) is 14.3. The van der Waals surface area contributed by atoms with Gasteiger partial charge >= 0.3 is 0 Å². The molecule has 0 N–H and O–H groups in total. The molecule has 4 nitrogen and oxygen atoms in total. The Morgan fingerprint density at radius 3 is 2.56 bits per heavy atom. The second-order valence-electron chi connectivity index (χ2n) is 5.85. The van der Waals surface area contributed by atoms with Crippen LogP contribution in [0, 0.1) is 6.92 Å². The van der Waals surface area contributed by atoms with Crippen molar-refractivity contribution in [3.8, 4) is 11.3 Å². The Morgan fingerprint density at radius 2 is 1.81 bits per heavy atom. The quantitative estimate of drug-likeness (QED) is 0.312. The average molecular weight is 412 g/mol. The predicted octanol–water partition coefficient (Wildman–Crippen LogP) is 5.69. The molecule has 0 atom stereocenters. The van der Waals surface area contributed by atoms with Crippen LogP contribution in [0.15, 0.2) is 59.6 Å². The summed E-state index contributed by atoms with van der Waals surface area (Å²) in [5.74, 6) is 0.290. The third-order valence-corrected chi connectivity index (χ3v) is 6.13. The van der Waals surface area contributed by atoms with Gasteiger partial charge in [-0.1, -0.05) is 53.7 Å². The van der Waals surface area contributed by atoms with E-state index in [2.05, 4.69) is 15.2 Å². The van der Waals surface area contributed by atoms with Gasteiger partial charge in [0.15, 0.2) is 5.78 Å². The predicted molar refractivity (Wildman–Crippen MR) is 112 cm³/mol. The fourth-order valence-electron chi connectivity index (χ4n) is 2.66. The van der Waals surface area contributed by atoms with Gasteiger partial charge in [0.05, 0.1) is 15.5 Å². The van der Waals surface area contributed by atoms with E-state index in [1.807, 2.05) is 37.3 Å². The largest absolute Gasteiger partial charge is 0.293 e. The van der Waals surface area contributed by atoms with Crippen LogP contribution in [0.2, 0.25) is 5.02 Å². The van der Waals surface area contributed by atoms with Gasteiger partial charge in [0, 0.05) is 16.1 Å². The number of carbonyl (C=O) groups is 1. The van der Waals surface area contributed by atoms with E-state index in [1.54, 1.807) is 35.6 Å². The first-order valence-electron chi connectivity index (χ1n) is 8.22. The molecule has 2 aromatic heterocycles. The summed E-state index contributed by atoms with van der Waals surface area (Å²) < 4.78 is 0.996. The summed E-state index contributed by atoms with van der Waals surface area (Å²) in [5.41, 5.74) is 3.27. The van der Waals surface area contributed by atoms with Gasteiger partial charge in [-0.15, -0.1) is 21.5 Å². The summed E-state index contributed by atoms with van der Waals surface area (Å²) in [6, 6.07) is 16.8. The molecule has 0 aliphatic carbocycles. The molecule has 0 bridgehead atoms. The van der Waals surface area contributed by atoms with Crippen LogP contribution in [0.4, 0.5) is 0 Å². The highest BCUT2D eigenvalue weighted by molar-refractivity contribution is 8.00. The molecule has 0 unspecified atom stereocenters. The molecule has 7 heteroatoms. The highest BCUT2D eigenvalue weighted by Crippen LogP contribution is 2.35. The molecule has 0 amide bonds. The molecular weight excluding hydrogens is 398 g/mol. The number of carbonyl (C=O) groups excluding carboxylic acids is 1. The minimum absolute atomic E-state index is 0.0192. The van der Waals surface area contributed by atoms with Crippen molar-refractivity contribution in [3.05, 3.63) is 70.2 Å². The zero-order valence-corrected chi connectivity index (χ0v) is 16.7. The smallest absolute Gasteiger partial charge is 0.173 e. The van der Waals surface area contributed by atoms with Crippen LogP contribution >= 0.6 is 34.7 Å². The Morgan fingerprint density at radius 1 is 1.07 bits per heavy atom. The van der Waals surface area contributed by atoms with Gasteiger partial charge in [-0.3, -0.25) is 4.79 Å². The SMILES string of the molecule is Cc1nc2c(SCC(=O)c3ccc(Cl)cc3)nnc(-c3ccccc3)c2s1. The van der Waals surface area contributed by atoms with Crippen molar-refractivity contribution in [3.63, 3.8) is 0 Å². The number of nitrogens with zero attached hydrogens (tertiary/aromatic N) is 3. The van der Waals surface area contributed by atoms with Crippen molar-refractivity contribution >= 4 is 50.7 Å². The molecule has 4 rings (SSSR count). The van der Waals surface area contributed by atoms with Crippen LogP contribution in [0.3, 0.4) is 0 Å². The molecule has 0 radical (unpaired) electrons. The van der Waals surface area contributed by atoms with Crippen LogP contribution in [-0.2, 0) is 0 Å². The normalized spacial score (nSPS) is 11.0. The molecule has 4 aromatic rings. The van der Waals surface area contributed by atoms with E-state index in [0.29, 0.717) is 15.6 Å². The van der Waals surface area contributed by atoms with Crippen LogP contribution in [0.25, 0.3) is 21.5 Å². The second-order valence-corrected chi connectivity index (χ2v) is 8.45. The number of aryl methyl sites for hydroxylation is 1. The molecular formula is C20H14ClN3OS2. The van der Waals surface area contributed by atoms with Crippen molar-refractivity contribution in [2.45, 2.75) is 11.9 Å². The zero-order chi connectivity index (χ0) is 18.8. The molecule has 27 heavy (non-hydrogen) atoms. The number of hydrogen-bond acceptors (Lipinski definition) is 6. The van der Waals surface area contributed by atoms with Crippen molar-refractivity contribution < 1.29 is 4.79 Å². The van der Waals surface area contributed by atoms with E-state index in [0.717, 1.165) is 26.5 Å². The lowest BCUT2D eigenvalue weighted by atomic mass is 10.1. The van der Waals surface area contributed by atoms with Crippen molar-refractivity contribution in [1.29, 1.82) is 0 Å². The number of Topliss-reactive ketones (excluding diaryl/α,β-unsaturated/α-hetero) is 1. The number of aromatic nitrogens is 3. The lowest BCUT2D eigenvalue weighted by molar-refractivity contribution is 0.102. The van der Waals surface area contributed by atoms with E-state index in [-0.39, 0.29) is 11.5 Å². The highest BCUT2D eigenvalue weighted by atomic mass is 35.5. The maximum absolute atomic E-state index is 12.4. The number of thiazole rings is 1. The number of halogens is 1. The summed E-state index contributed by atoms with van der Waals surface area (Å²) in [5, 5.41) is 11.0. The standard InChI is InChI=1S/C20H14ClN3OS2/c1-12-22-18-19(27-12)17(14-5-3-2-4-6-14)23-24-20(18)26-11-16(25)13-7-9-15(21)10-8-13/h2-10H,11H2,1H3. The average Bonchev–Trinajstić information content (AvgIpc) is 3.08. The lowest BCUT2D eigenvalue weighted by Crippen LogP contribution is -2.03. The third-order valence-electron chi connectivity index (χ3n) is 3.95. The monoisotopic (exact) mass is 411 g/mol. The molecule has 0 saturated carbocycles. The Bertz CT molecular complexity index is 1110. The highest BCUT2D eigenvalue weighted by Gasteiger charge is 2.17. The maximum Gasteiger partial charge on any atom is 0.173 e. The Hall–Kier alpha value is -2.28. The summed E-state index contributed by atoms with van der Waals surface area (Å²) in [6.07, 6.45) is 0. The van der Waals surface area contributed by atoms with E-state index in [9.17, 15) is 4.79 Å². The lowest BCUT2D eigenvalue weighted by Gasteiger charge is -2.05. The number of thioether (sulfide) groups is 1. The fraction of sp³-hybridized carbons (Fsp3) is 0.100. The molecule has 0 spiro atoms. The van der Waals surface area contributed by atoms with Crippen LogP contribution < -0.4 is 0 Å². The molecule has 0 aliphatic heterocycles. The van der Waals surface area contributed by atoms with Crippen LogP contribution in [0.1, 0.15) is 15.4 Å². The van der Waals surface area contributed by atoms with Crippen LogP contribution in [-0.4, -0.2) is 26.7 Å². The van der Waals surface area contributed by atoms with Gasteiger partial charge in [0.25, 0.3) is 0 Å². The molecule has 2 heterocycles. The summed E-state index contributed by atoms with van der Waals surface area (Å²) in [4.78, 5) is 17.1. The maximum atomic E-state index is 12.4. The minimum atomic E-state index is 0.0192. The minimum Gasteiger partial charge on any atom is -0.293 e. The molecule has 0 aliphatic rings. The van der Waals surface area contributed by atoms with Gasteiger partial charge in [-0.2, -0.15) is 0 Å². The number of hydrogen-bond donors (Lipinski definition) is 0. The summed E-state index contributed by atoms with van der Waals surface area (Å²) in [7, 11) is 0. The van der Waals surface area contributed by atoms with Gasteiger partial charge in [0.1, 0.15) is 16.2 Å². The first-order chi connectivity index (χ1) is 13.1. The molecule has 0 fully saturated rings. The van der Waals surface area contributed by atoms with Gasteiger partial charge in [0.2, 0.25) is 0 Å². The van der Waals surface area contributed by atoms with Gasteiger partial charge in [-0.25, -0.2) is 4.98 Å². The molecule has 134 valence electrons. The third kappa shape index (κ3) is 3.88. The van der Waals surface area contributed by atoms with Gasteiger partial charge < -0.3 is 0 Å². The van der Waals surface area contributed by atoms with E-state index in [4.69, 9.17) is 11.6 Å². The first kappa shape index (κ1) is 18.1. The Kier molecular flexibility index (Phi) is 5.20. The van der Waals surface area contributed by atoms with Crippen molar-refractivity contribution in [1.82, 2.24) is 15.2 Å². The summed E-state index contributed by atoms with van der Waals surface area (Å²) >= 11 is 8.84.